The van der Waals surface area contributed by atoms with Gasteiger partial charge < -0.3 is 23.8 Å². The van der Waals surface area contributed by atoms with Crippen LogP contribution in [0.25, 0.3) is 0 Å². The van der Waals surface area contributed by atoms with Gasteiger partial charge in [-0.25, -0.2) is 0 Å². The van der Waals surface area contributed by atoms with E-state index in [1.807, 2.05) is 91.0 Å². The normalized spacial score (nSPS) is 23.1. The lowest BCUT2D eigenvalue weighted by molar-refractivity contribution is -0.744. The number of carbonyl (C=O) groups excluding carboxylic acids is 2. The smallest absolute Gasteiger partial charge is 0.284 e. The predicted octanol–water partition coefficient (Wildman–Crippen LogP) is 3.95. The lowest BCUT2D eigenvalue weighted by atomic mass is 9.81. The van der Waals surface area contributed by atoms with E-state index in [1.165, 1.54) is 13.8 Å². The fourth-order valence-corrected chi connectivity index (χ4v) is 5.22. The van der Waals surface area contributed by atoms with Crippen LogP contribution < -0.4 is 0 Å². The van der Waals surface area contributed by atoms with Crippen molar-refractivity contribution in [2.24, 2.45) is 0 Å². The van der Waals surface area contributed by atoms with Gasteiger partial charge in [-0.05, 0) is 30.5 Å². The van der Waals surface area contributed by atoms with E-state index >= 15 is 0 Å². The highest BCUT2D eigenvalue weighted by Gasteiger charge is 2.66. The average molecular weight is 560 g/mol. The third-order valence-corrected chi connectivity index (χ3v) is 7.34. The summed E-state index contributed by atoms with van der Waals surface area (Å²) in [5.74, 6) is -1.28. The Balaban J connectivity index is 1.49. The zero-order valence-corrected chi connectivity index (χ0v) is 23.0. The van der Waals surface area contributed by atoms with Gasteiger partial charge in [-0.15, -0.1) is 0 Å². The van der Waals surface area contributed by atoms with E-state index < -0.39 is 41.6 Å². The lowest BCUT2D eigenvalue weighted by Crippen LogP contribution is -2.65. The first-order valence-electron chi connectivity index (χ1n) is 13.5. The molecular formula is C32H33NO8. The van der Waals surface area contributed by atoms with Crippen LogP contribution in [0.5, 0.6) is 0 Å². The number of fused-ring (bicyclic) bond motifs is 1. The molecule has 214 valence electrons. The largest absolute Gasteiger partial charge is 0.377 e. The van der Waals surface area contributed by atoms with Crippen LogP contribution in [0, 0.1) is 5.21 Å². The maximum absolute atomic E-state index is 13.3. The Morgan fingerprint density at radius 3 is 1.78 bits per heavy atom. The molecule has 0 aromatic heterocycles. The maximum atomic E-state index is 13.3. The number of ether oxygens (including phenoxy) is 4. The van der Waals surface area contributed by atoms with E-state index in [1.54, 1.807) is 0 Å². The summed E-state index contributed by atoms with van der Waals surface area (Å²) in [7, 11) is 0. The van der Waals surface area contributed by atoms with Crippen molar-refractivity contribution in [1.82, 2.24) is 0 Å². The van der Waals surface area contributed by atoms with Gasteiger partial charge in [0.2, 0.25) is 5.60 Å². The van der Waals surface area contributed by atoms with Crippen molar-refractivity contribution in [3.05, 3.63) is 113 Å². The molecule has 4 atom stereocenters. The van der Waals surface area contributed by atoms with Crippen molar-refractivity contribution in [1.29, 1.82) is 0 Å². The van der Waals surface area contributed by atoms with Crippen LogP contribution in [-0.4, -0.2) is 58.8 Å². The minimum Gasteiger partial charge on any atom is -0.377 e. The summed E-state index contributed by atoms with van der Waals surface area (Å²) in [4.78, 5) is 31.4. The highest BCUT2D eigenvalue weighted by atomic mass is 16.9. The number of benzene rings is 3. The lowest BCUT2D eigenvalue weighted by Gasteiger charge is -2.41. The van der Waals surface area contributed by atoms with Crippen LogP contribution in [0.3, 0.4) is 0 Å². The van der Waals surface area contributed by atoms with Crippen LogP contribution in [0.4, 0.5) is 0 Å². The molecule has 0 aliphatic carbocycles. The summed E-state index contributed by atoms with van der Waals surface area (Å²) < 4.78 is 25.2. The topological polar surface area (TPSA) is 106 Å². The van der Waals surface area contributed by atoms with E-state index in [-0.39, 0.29) is 30.4 Å². The summed E-state index contributed by atoms with van der Waals surface area (Å²) in [6, 6.07) is 28.7. The number of ketones is 2. The molecule has 0 radical (unpaired) electrons. The molecule has 0 amide bonds. The van der Waals surface area contributed by atoms with Crippen LogP contribution in [0.1, 0.15) is 30.5 Å². The van der Waals surface area contributed by atoms with E-state index in [0.29, 0.717) is 6.61 Å². The van der Waals surface area contributed by atoms with Gasteiger partial charge >= 0.3 is 0 Å². The standard InChI is InChI=1S/C32H33NO8/c1-22(34)32(23(2)35)31-28(33(36)41-32)30(39-20-26-16-10-5-11-17-26)29(38-19-25-14-8-4-9-15-25)27(40-31)21-37-18-24-12-6-3-7-13-24/h3-17,27,29-31H,18-21H2,1-2H3/t27-,29+,30-,31+/m1/s1. The Bertz CT molecular complexity index is 1350. The van der Waals surface area contributed by atoms with Gasteiger partial charge in [0.15, 0.2) is 23.8 Å². The molecule has 0 bridgehead atoms. The minimum absolute atomic E-state index is 0.0243. The second-order valence-corrected chi connectivity index (χ2v) is 10.2. The molecule has 2 aliphatic rings. The number of rotatable bonds is 12. The molecule has 3 aromatic carbocycles. The van der Waals surface area contributed by atoms with Crippen molar-refractivity contribution in [2.75, 3.05) is 6.61 Å². The summed E-state index contributed by atoms with van der Waals surface area (Å²) in [5, 5.41) is 13.3. The Labute approximate surface area is 238 Å². The van der Waals surface area contributed by atoms with Gasteiger partial charge in [0, 0.05) is 4.90 Å². The van der Waals surface area contributed by atoms with Gasteiger partial charge in [-0.2, -0.15) is 0 Å². The maximum Gasteiger partial charge on any atom is 0.284 e. The molecule has 1 saturated heterocycles. The zero-order valence-electron chi connectivity index (χ0n) is 23.0. The molecule has 0 N–H and O–H groups in total. The third kappa shape index (κ3) is 6.08. The monoisotopic (exact) mass is 559 g/mol. The van der Waals surface area contributed by atoms with Crippen LogP contribution in [0.15, 0.2) is 91.0 Å². The van der Waals surface area contributed by atoms with Crippen molar-refractivity contribution in [3.63, 3.8) is 0 Å². The van der Waals surface area contributed by atoms with Crippen LogP contribution in [0.2, 0.25) is 0 Å². The first kappa shape index (κ1) is 28.6. The van der Waals surface area contributed by atoms with Gasteiger partial charge in [0.1, 0.15) is 12.2 Å². The molecule has 0 saturated carbocycles. The molecule has 1 fully saturated rings. The molecule has 2 heterocycles. The Morgan fingerprint density at radius 1 is 0.780 bits per heavy atom. The summed E-state index contributed by atoms with van der Waals surface area (Å²) in [6.45, 7) is 3.12. The highest BCUT2D eigenvalue weighted by Crippen LogP contribution is 2.38. The first-order valence-corrected chi connectivity index (χ1v) is 13.5. The molecular weight excluding hydrogens is 526 g/mol. The van der Waals surface area contributed by atoms with Crippen molar-refractivity contribution in [2.45, 2.75) is 63.7 Å². The molecule has 2 aliphatic heterocycles. The molecule has 9 nitrogen and oxygen atoms in total. The fourth-order valence-electron chi connectivity index (χ4n) is 5.22. The molecule has 41 heavy (non-hydrogen) atoms. The second-order valence-electron chi connectivity index (χ2n) is 10.2. The van der Waals surface area contributed by atoms with Gasteiger partial charge in [-0.3, -0.25) is 14.8 Å². The van der Waals surface area contributed by atoms with E-state index in [2.05, 4.69) is 0 Å². The fraction of sp³-hybridized carbons (Fsp3) is 0.344. The number of nitrogens with zero attached hydrogens (tertiary/aromatic N) is 1. The predicted molar refractivity (Wildman–Crippen MR) is 149 cm³/mol. The number of hydrogen-bond acceptors (Lipinski definition) is 8. The van der Waals surface area contributed by atoms with Crippen LogP contribution >= 0.6 is 0 Å². The Morgan fingerprint density at radius 2 is 1.27 bits per heavy atom. The molecule has 5 rings (SSSR count). The van der Waals surface area contributed by atoms with Crippen molar-refractivity contribution in [3.8, 4) is 0 Å². The zero-order chi connectivity index (χ0) is 28.8. The molecule has 0 spiro atoms. The number of Topliss-reactive ketones (excluding diaryl/α,β-unsaturated/α-hetero) is 2. The van der Waals surface area contributed by atoms with Gasteiger partial charge in [0.25, 0.3) is 5.71 Å². The second kappa shape index (κ2) is 12.7. The molecule has 9 heteroatoms. The van der Waals surface area contributed by atoms with Gasteiger partial charge in [0.05, 0.1) is 26.4 Å². The summed E-state index contributed by atoms with van der Waals surface area (Å²) >= 11 is 0. The summed E-state index contributed by atoms with van der Waals surface area (Å²) in [6.07, 6.45) is -3.93. The Hall–Kier alpha value is -3.89. The van der Waals surface area contributed by atoms with Gasteiger partial charge in [-0.1, -0.05) is 91.0 Å². The van der Waals surface area contributed by atoms with Crippen LogP contribution in [-0.2, 0) is 53.2 Å². The quantitative estimate of drug-likeness (QED) is 0.243. The molecule has 3 aromatic rings. The number of carbonyl (C=O) groups is 2. The van der Waals surface area contributed by atoms with E-state index in [9.17, 15) is 14.8 Å². The Kier molecular flexibility index (Phi) is 8.90. The van der Waals surface area contributed by atoms with E-state index in [0.717, 1.165) is 16.7 Å². The molecule has 0 unspecified atom stereocenters. The SMILES string of the molecule is CC(=O)C1(C(C)=O)O[N+]([O-])=C2[C@@H](OCc3ccccc3)[C@@H](OCc3ccccc3)[C@@H](COCc3ccccc3)O[C@@H]21. The third-order valence-electron chi connectivity index (χ3n) is 7.34. The van der Waals surface area contributed by atoms with E-state index in [4.69, 9.17) is 23.8 Å². The summed E-state index contributed by atoms with van der Waals surface area (Å²) in [5.41, 5.74) is 0.590. The van der Waals surface area contributed by atoms with Crippen molar-refractivity contribution < 1.29 is 38.3 Å². The average Bonchev–Trinajstić information content (AvgIpc) is 3.30. The minimum atomic E-state index is -2.13. The number of hydrogen-bond donors (Lipinski definition) is 0. The first-order chi connectivity index (χ1) is 19.9. The van der Waals surface area contributed by atoms with Crippen molar-refractivity contribution >= 4 is 17.3 Å². The highest BCUT2D eigenvalue weighted by molar-refractivity contribution is 6.15.